The van der Waals surface area contributed by atoms with Crippen molar-refractivity contribution in [2.24, 2.45) is 5.92 Å². The number of nitrogens with one attached hydrogen (secondary N) is 2. The molecule has 2 atom stereocenters. The number of ether oxygens (including phenoxy) is 1. The van der Waals surface area contributed by atoms with Gasteiger partial charge >= 0.3 is 0 Å². The first-order chi connectivity index (χ1) is 13.2. The quantitative estimate of drug-likeness (QED) is 0.593. The molecule has 0 bridgehead atoms. The lowest BCUT2D eigenvalue weighted by molar-refractivity contribution is -0.120. The first kappa shape index (κ1) is 22.9. The predicted molar refractivity (Wildman–Crippen MR) is 122 cm³/mol. The first-order valence-electron chi connectivity index (χ1n) is 9.35. The highest BCUT2D eigenvalue weighted by atomic mass is 35.5. The minimum atomic E-state index is 0. The van der Waals surface area contributed by atoms with E-state index >= 15 is 0 Å². The number of anilines is 1. The SMILES string of the molecule is C[C@H]1C[C@@H](C(=O)Nc2cccc(Oc3ccnc4ccccc34)c2)CCN1.Cl.Cl. The summed E-state index contributed by atoms with van der Waals surface area (Å²) < 4.78 is 6.08. The zero-order valence-corrected chi connectivity index (χ0v) is 17.8. The van der Waals surface area contributed by atoms with Gasteiger partial charge in [0, 0.05) is 35.3 Å². The van der Waals surface area contributed by atoms with Crippen molar-refractivity contribution in [3.8, 4) is 11.5 Å². The van der Waals surface area contributed by atoms with E-state index < -0.39 is 0 Å². The van der Waals surface area contributed by atoms with E-state index in [1.807, 2.05) is 54.6 Å². The lowest BCUT2D eigenvalue weighted by Gasteiger charge is -2.27. The number of carbonyl (C=O) groups is 1. The van der Waals surface area contributed by atoms with Crippen LogP contribution in [0.25, 0.3) is 10.9 Å². The van der Waals surface area contributed by atoms with Gasteiger partial charge in [0.15, 0.2) is 0 Å². The number of rotatable bonds is 4. The molecule has 1 saturated heterocycles. The van der Waals surface area contributed by atoms with Gasteiger partial charge in [-0.1, -0.05) is 18.2 Å². The molecule has 0 saturated carbocycles. The molecule has 2 heterocycles. The van der Waals surface area contributed by atoms with Crippen LogP contribution in [-0.2, 0) is 4.79 Å². The Morgan fingerprint density at radius 2 is 1.97 bits per heavy atom. The highest BCUT2D eigenvalue weighted by Crippen LogP contribution is 2.30. The Balaban J connectivity index is 0.00000150. The number of hydrogen-bond acceptors (Lipinski definition) is 4. The third-order valence-corrected chi connectivity index (χ3v) is 4.93. The molecule has 1 fully saturated rings. The molecule has 1 aromatic heterocycles. The number of aromatic nitrogens is 1. The number of amides is 1. The van der Waals surface area contributed by atoms with Crippen LogP contribution >= 0.6 is 24.8 Å². The molecule has 0 radical (unpaired) electrons. The Morgan fingerprint density at radius 1 is 1.14 bits per heavy atom. The van der Waals surface area contributed by atoms with Gasteiger partial charge in [-0.3, -0.25) is 9.78 Å². The van der Waals surface area contributed by atoms with Crippen LogP contribution in [0.5, 0.6) is 11.5 Å². The van der Waals surface area contributed by atoms with Gasteiger partial charge in [0.05, 0.1) is 5.52 Å². The number of benzene rings is 2. The molecule has 7 heteroatoms. The minimum absolute atomic E-state index is 0. The Hall–Kier alpha value is -2.34. The molecule has 29 heavy (non-hydrogen) atoms. The maximum Gasteiger partial charge on any atom is 0.227 e. The fourth-order valence-corrected chi connectivity index (χ4v) is 3.54. The first-order valence-corrected chi connectivity index (χ1v) is 9.35. The van der Waals surface area contributed by atoms with Crippen LogP contribution < -0.4 is 15.4 Å². The van der Waals surface area contributed by atoms with Crippen molar-refractivity contribution in [3.05, 3.63) is 60.8 Å². The number of piperidine rings is 1. The van der Waals surface area contributed by atoms with Crippen molar-refractivity contribution in [1.29, 1.82) is 0 Å². The molecule has 3 aromatic rings. The average Bonchev–Trinajstić information content (AvgIpc) is 2.69. The zero-order chi connectivity index (χ0) is 18.6. The summed E-state index contributed by atoms with van der Waals surface area (Å²) in [6, 6.07) is 17.6. The standard InChI is InChI=1S/C22H23N3O2.2ClH/c1-15-13-16(9-11-23-15)22(26)25-17-5-4-6-18(14-17)27-21-10-12-24-20-8-3-2-7-19(20)21;;/h2-8,10,12,14-16,23H,9,11,13H2,1H3,(H,25,26);2*1H/t15-,16-;;/m0../s1. The maximum absolute atomic E-state index is 12.6. The molecule has 5 nitrogen and oxygen atoms in total. The summed E-state index contributed by atoms with van der Waals surface area (Å²) in [6.07, 6.45) is 3.47. The van der Waals surface area contributed by atoms with Gasteiger partial charge in [0.1, 0.15) is 11.5 Å². The van der Waals surface area contributed by atoms with Gasteiger partial charge in [-0.15, -0.1) is 24.8 Å². The van der Waals surface area contributed by atoms with E-state index in [2.05, 4.69) is 22.5 Å². The van der Waals surface area contributed by atoms with Crippen LogP contribution in [0.2, 0.25) is 0 Å². The second-order valence-corrected chi connectivity index (χ2v) is 7.02. The summed E-state index contributed by atoms with van der Waals surface area (Å²) in [4.78, 5) is 16.9. The second-order valence-electron chi connectivity index (χ2n) is 7.02. The van der Waals surface area contributed by atoms with Crippen molar-refractivity contribution in [1.82, 2.24) is 10.3 Å². The molecule has 2 N–H and O–H groups in total. The second kappa shape index (κ2) is 10.4. The van der Waals surface area contributed by atoms with Gasteiger partial charge in [-0.05, 0) is 56.6 Å². The topological polar surface area (TPSA) is 63.2 Å². The van der Waals surface area contributed by atoms with E-state index in [9.17, 15) is 4.79 Å². The zero-order valence-electron chi connectivity index (χ0n) is 16.1. The normalized spacial score (nSPS) is 18.2. The summed E-state index contributed by atoms with van der Waals surface area (Å²) in [7, 11) is 0. The smallest absolute Gasteiger partial charge is 0.227 e. The number of pyridine rings is 1. The van der Waals surface area contributed by atoms with Gasteiger partial charge < -0.3 is 15.4 Å². The highest BCUT2D eigenvalue weighted by Gasteiger charge is 2.24. The molecular formula is C22H25Cl2N3O2. The highest BCUT2D eigenvalue weighted by molar-refractivity contribution is 5.93. The summed E-state index contributed by atoms with van der Waals surface area (Å²) in [5.74, 6) is 1.56. The van der Waals surface area contributed by atoms with Crippen LogP contribution in [0, 0.1) is 5.92 Å². The number of nitrogens with zero attached hydrogens (tertiary/aromatic N) is 1. The van der Waals surface area contributed by atoms with Crippen molar-refractivity contribution in [2.75, 3.05) is 11.9 Å². The Morgan fingerprint density at radius 3 is 2.79 bits per heavy atom. The van der Waals surface area contributed by atoms with Crippen molar-refractivity contribution in [2.45, 2.75) is 25.8 Å². The van der Waals surface area contributed by atoms with Crippen LogP contribution in [-0.4, -0.2) is 23.5 Å². The Kier molecular flexibility index (Phi) is 8.26. The number of halogens is 2. The molecule has 4 rings (SSSR count). The van der Waals surface area contributed by atoms with Crippen molar-refractivity contribution < 1.29 is 9.53 Å². The fourth-order valence-electron chi connectivity index (χ4n) is 3.54. The van der Waals surface area contributed by atoms with E-state index in [1.54, 1.807) is 6.20 Å². The lowest BCUT2D eigenvalue weighted by atomic mass is 9.92. The van der Waals surface area contributed by atoms with Crippen LogP contribution in [0.4, 0.5) is 5.69 Å². The van der Waals surface area contributed by atoms with Gasteiger partial charge in [-0.25, -0.2) is 0 Å². The maximum atomic E-state index is 12.6. The summed E-state index contributed by atoms with van der Waals surface area (Å²) in [5, 5.41) is 7.37. The number of fused-ring (bicyclic) bond motifs is 1. The monoisotopic (exact) mass is 433 g/mol. The largest absolute Gasteiger partial charge is 0.457 e. The summed E-state index contributed by atoms with van der Waals surface area (Å²) in [5.41, 5.74) is 1.64. The summed E-state index contributed by atoms with van der Waals surface area (Å²) in [6.45, 7) is 3.00. The van der Waals surface area contributed by atoms with Crippen LogP contribution in [0.15, 0.2) is 60.8 Å². The van der Waals surface area contributed by atoms with E-state index in [1.165, 1.54) is 0 Å². The molecular weight excluding hydrogens is 409 g/mol. The third kappa shape index (κ3) is 5.60. The fraction of sp³-hybridized carbons (Fsp3) is 0.273. The molecule has 1 aliphatic rings. The number of para-hydroxylation sites is 1. The van der Waals surface area contributed by atoms with E-state index in [0.717, 1.165) is 41.7 Å². The van der Waals surface area contributed by atoms with Gasteiger partial charge in [0.2, 0.25) is 5.91 Å². The number of carbonyl (C=O) groups excluding carboxylic acids is 1. The molecule has 1 aliphatic heterocycles. The molecule has 0 spiro atoms. The lowest BCUT2D eigenvalue weighted by Crippen LogP contribution is -2.40. The van der Waals surface area contributed by atoms with Crippen molar-refractivity contribution >= 4 is 47.3 Å². The average molecular weight is 434 g/mol. The van der Waals surface area contributed by atoms with Crippen LogP contribution in [0.1, 0.15) is 19.8 Å². The van der Waals surface area contributed by atoms with Gasteiger partial charge in [-0.2, -0.15) is 0 Å². The van der Waals surface area contributed by atoms with E-state index in [0.29, 0.717) is 11.8 Å². The Labute approximate surface area is 183 Å². The molecule has 0 unspecified atom stereocenters. The summed E-state index contributed by atoms with van der Waals surface area (Å²) >= 11 is 0. The van der Waals surface area contributed by atoms with Crippen molar-refractivity contribution in [3.63, 3.8) is 0 Å². The Bertz CT molecular complexity index is 962. The third-order valence-electron chi connectivity index (χ3n) is 4.93. The molecule has 2 aromatic carbocycles. The minimum Gasteiger partial charge on any atom is -0.457 e. The molecule has 1 amide bonds. The molecule has 154 valence electrons. The predicted octanol–water partition coefficient (Wildman–Crippen LogP) is 5.20. The number of hydrogen-bond donors (Lipinski definition) is 2. The van der Waals surface area contributed by atoms with E-state index in [4.69, 9.17) is 4.74 Å². The molecule has 0 aliphatic carbocycles. The van der Waals surface area contributed by atoms with E-state index in [-0.39, 0.29) is 36.6 Å². The van der Waals surface area contributed by atoms with Gasteiger partial charge in [0.25, 0.3) is 0 Å². The van der Waals surface area contributed by atoms with Crippen LogP contribution in [0.3, 0.4) is 0 Å².